The zero-order valence-electron chi connectivity index (χ0n) is 29.1. The van der Waals surface area contributed by atoms with E-state index in [0.29, 0.717) is 0 Å². The molecule has 0 saturated heterocycles. The largest absolute Gasteiger partial charge is 0.456 e. The first kappa shape index (κ1) is 29.4. The molecule has 12 rings (SSSR count). The van der Waals surface area contributed by atoms with Crippen molar-refractivity contribution in [2.75, 3.05) is 0 Å². The number of furan rings is 2. The zero-order valence-corrected chi connectivity index (χ0v) is 29.1. The van der Waals surface area contributed by atoms with Gasteiger partial charge < -0.3 is 8.83 Å². The van der Waals surface area contributed by atoms with E-state index in [1.54, 1.807) is 0 Å². The number of benzene rings is 10. The first-order chi connectivity index (χ1) is 26.8. The van der Waals surface area contributed by atoms with Gasteiger partial charge in [0.15, 0.2) is 0 Å². The van der Waals surface area contributed by atoms with Gasteiger partial charge in [0.25, 0.3) is 0 Å². The summed E-state index contributed by atoms with van der Waals surface area (Å²) in [6, 6.07) is 65.7. The van der Waals surface area contributed by atoms with Gasteiger partial charge in [0, 0.05) is 27.6 Å². The molecule has 0 N–H and O–H groups in total. The van der Waals surface area contributed by atoms with Crippen LogP contribution in [0, 0.1) is 0 Å². The quantitative estimate of drug-likeness (QED) is 0.173. The van der Waals surface area contributed by atoms with Crippen LogP contribution >= 0.6 is 0 Å². The van der Waals surface area contributed by atoms with Crippen molar-refractivity contribution in [3.63, 3.8) is 0 Å². The van der Waals surface area contributed by atoms with Crippen LogP contribution < -0.4 is 0 Å². The van der Waals surface area contributed by atoms with Crippen molar-refractivity contribution < 1.29 is 8.83 Å². The third-order valence-electron chi connectivity index (χ3n) is 11.5. The van der Waals surface area contributed by atoms with Crippen LogP contribution in [0.4, 0.5) is 0 Å². The minimum absolute atomic E-state index is 0.833. The number of hydrogen-bond acceptors (Lipinski definition) is 2. The molecule has 0 aliphatic rings. The third-order valence-corrected chi connectivity index (χ3v) is 11.5. The smallest absolute Gasteiger partial charge is 0.139 e. The second-order valence-electron chi connectivity index (χ2n) is 14.3. The fraction of sp³-hybridized carbons (Fsp3) is 0. The van der Waals surface area contributed by atoms with Crippen LogP contribution in [0.25, 0.3) is 120 Å². The lowest BCUT2D eigenvalue weighted by Gasteiger charge is -2.19. The summed E-state index contributed by atoms with van der Waals surface area (Å²) in [6.07, 6.45) is 0. The molecule has 0 atom stereocenters. The molecule has 0 radical (unpaired) electrons. The summed E-state index contributed by atoms with van der Waals surface area (Å²) < 4.78 is 12.9. The molecule has 10 aromatic carbocycles. The van der Waals surface area contributed by atoms with E-state index >= 15 is 0 Å². The molecule has 2 nitrogen and oxygen atoms in total. The highest BCUT2D eigenvalue weighted by Crippen LogP contribution is 2.47. The van der Waals surface area contributed by atoms with Gasteiger partial charge in [-0.2, -0.15) is 0 Å². The number of rotatable bonds is 3. The van der Waals surface area contributed by atoms with Gasteiger partial charge in [-0.25, -0.2) is 0 Å². The standard InChI is InChI=1S/C52H30O2/c1-2-14-34-31(12-1)13-11-22-37(34)51-41-20-7-5-18-39(41)50(40-19-6-8-21-42(40)51)33-26-24-32(25-27-33)43-29-49-52(38-17-4-3-15-35(38)43)45-28-44-36-16-9-10-23-46(36)53-47(44)30-48(45)54-49/h1-30H. The van der Waals surface area contributed by atoms with Crippen LogP contribution in [0.2, 0.25) is 0 Å². The van der Waals surface area contributed by atoms with Crippen LogP contribution in [0.5, 0.6) is 0 Å². The molecule has 12 aromatic rings. The Hall–Kier alpha value is -7.16. The van der Waals surface area contributed by atoms with E-state index in [1.807, 2.05) is 18.2 Å². The summed E-state index contributed by atoms with van der Waals surface area (Å²) in [5.74, 6) is 0. The molecule has 0 saturated carbocycles. The summed E-state index contributed by atoms with van der Waals surface area (Å²) in [5, 5.41) is 14.4. The average Bonchev–Trinajstić information content (AvgIpc) is 3.78. The Balaban J connectivity index is 1.05. The van der Waals surface area contributed by atoms with E-state index in [-0.39, 0.29) is 0 Å². The maximum absolute atomic E-state index is 6.63. The van der Waals surface area contributed by atoms with Crippen LogP contribution in [-0.2, 0) is 0 Å². The highest BCUT2D eigenvalue weighted by atomic mass is 16.3. The first-order valence-electron chi connectivity index (χ1n) is 18.5. The van der Waals surface area contributed by atoms with Gasteiger partial charge in [0.2, 0.25) is 0 Å². The minimum atomic E-state index is 0.833. The molecule has 0 aliphatic carbocycles. The Morgan fingerprint density at radius 2 is 0.796 bits per heavy atom. The van der Waals surface area contributed by atoms with E-state index in [4.69, 9.17) is 8.83 Å². The third kappa shape index (κ3) is 4.17. The summed E-state index contributed by atoms with van der Waals surface area (Å²) in [5.41, 5.74) is 10.7. The van der Waals surface area contributed by atoms with E-state index in [9.17, 15) is 0 Å². The molecular formula is C52H30O2. The topological polar surface area (TPSA) is 26.3 Å². The Morgan fingerprint density at radius 3 is 1.54 bits per heavy atom. The molecule has 0 amide bonds. The highest BCUT2D eigenvalue weighted by Gasteiger charge is 2.20. The zero-order chi connectivity index (χ0) is 35.3. The maximum Gasteiger partial charge on any atom is 0.139 e. The molecule has 0 spiro atoms. The molecular weight excluding hydrogens is 657 g/mol. The summed E-state index contributed by atoms with van der Waals surface area (Å²) in [7, 11) is 0. The first-order valence-corrected chi connectivity index (χ1v) is 18.5. The van der Waals surface area contributed by atoms with Crippen LogP contribution in [0.3, 0.4) is 0 Å². The second-order valence-corrected chi connectivity index (χ2v) is 14.3. The highest BCUT2D eigenvalue weighted by molar-refractivity contribution is 6.26. The SMILES string of the molecule is c1ccc2c(-c3c4ccccc4c(-c4ccc(-c5cc6oc7cc8oc9ccccc9c8cc7c6c6ccccc56)cc4)c4ccccc34)cccc2c1. The summed E-state index contributed by atoms with van der Waals surface area (Å²) in [6.45, 7) is 0. The molecule has 2 aromatic heterocycles. The Kier molecular flexibility index (Phi) is 6.09. The average molecular weight is 687 g/mol. The predicted molar refractivity (Wildman–Crippen MR) is 227 cm³/mol. The molecule has 0 unspecified atom stereocenters. The van der Waals surface area contributed by atoms with Crippen molar-refractivity contribution in [1.29, 1.82) is 0 Å². The number of para-hydroxylation sites is 1. The van der Waals surface area contributed by atoms with E-state index in [1.165, 1.54) is 65.3 Å². The van der Waals surface area contributed by atoms with E-state index in [0.717, 1.165) is 55.0 Å². The number of hydrogen-bond donors (Lipinski definition) is 0. The van der Waals surface area contributed by atoms with Crippen molar-refractivity contribution in [3.05, 3.63) is 182 Å². The van der Waals surface area contributed by atoms with Crippen molar-refractivity contribution in [2.24, 2.45) is 0 Å². The van der Waals surface area contributed by atoms with Crippen LogP contribution in [-0.4, -0.2) is 0 Å². The lowest BCUT2D eigenvalue weighted by molar-refractivity contribution is 0.656. The van der Waals surface area contributed by atoms with Gasteiger partial charge in [0.05, 0.1) is 0 Å². The molecule has 250 valence electrons. The lowest BCUT2D eigenvalue weighted by atomic mass is 9.84. The van der Waals surface area contributed by atoms with Crippen LogP contribution in [0.15, 0.2) is 191 Å². The van der Waals surface area contributed by atoms with Gasteiger partial charge in [-0.3, -0.25) is 0 Å². The van der Waals surface area contributed by atoms with Gasteiger partial charge in [0.1, 0.15) is 22.3 Å². The van der Waals surface area contributed by atoms with Gasteiger partial charge in [-0.05, 0) is 94.7 Å². The maximum atomic E-state index is 6.63. The van der Waals surface area contributed by atoms with Crippen molar-refractivity contribution in [3.8, 4) is 33.4 Å². The van der Waals surface area contributed by atoms with Crippen LogP contribution in [0.1, 0.15) is 0 Å². The molecule has 2 heterocycles. The molecule has 0 aliphatic heterocycles. The summed E-state index contributed by atoms with van der Waals surface area (Å²) >= 11 is 0. The van der Waals surface area contributed by atoms with Gasteiger partial charge in [-0.15, -0.1) is 0 Å². The van der Waals surface area contributed by atoms with Crippen molar-refractivity contribution >= 4 is 87.0 Å². The summed E-state index contributed by atoms with van der Waals surface area (Å²) in [4.78, 5) is 0. The second kappa shape index (κ2) is 11.2. The molecule has 0 bridgehead atoms. The Labute approximate surface area is 310 Å². The molecule has 2 heteroatoms. The Morgan fingerprint density at radius 1 is 0.259 bits per heavy atom. The van der Waals surface area contributed by atoms with Crippen molar-refractivity contribution in [2.45, 2.75) is 0 Å². The lowest BCUT2D eigenvalue weighted by Crippen LogP contribution is -1.91. The molecule has 54 heavy (non-hydrogen) atoms. The fourth-order valence-corrected chi connectivity index (χ4v) is 9.09. The molecule has 0 fully saturated rings. The Bertz CT molecular complexity index is 3430. The normalized spacial score (nSPS) is 12.1. The predicted octanol–water partition coefficient (Wildman–Crippen LogP) is 15.1. The van der Waals surface area contributed by atoms with Gasteiger partial charge >= 0.3 is 0 Å². The number of fused-ring (bicyclic) bond motifs is 11. The monoisotopic (exact) mass is 686 g/mol. The van der Waals surface area contributed by atoms with Gasteiger partial charge in [-0.1, -0.05) is 158 Å². The van der Waals surface area contributed by atoms with E-state index in [2.05, 4.69) is 164 Å². The van der Waals surface area contributed by atoms with Crippen molar-refractivity contribution in [1.82, 2.24) is 0 Å². The minimum Gasteiger partial charge on any atom is -0.456 e. The fourth-order valence-electron chi connectivity index (χ4n) is 9.09. The van der Waals surface area contributed by atoms with E-state index < -0.39 is 0 Å².